The summed E-state index contributed by atoms with van der Waals surface area (Å²) in [5.41, 5.74) is 0. The second-order valence-corrected chi connectivity index (χ2v) is 7.46. The molecule has 1 heterocycles. The van der Waals surface area contributed by atoms with Gasteiger partial charge in [-0.05, 0) is 52.3 Å². The monoisotopic (exact) mass is 362 g/mol. The van der Waals surface area contributed by atoms with Gasteiger partial charge in [0.1, 0.15) is 0 Å². The fourth-order valence-electron chi connectivity index (χ4n) is 1.11. The SMILES string of the molecule is Brc1ccc(SCc2ccc(Br)s2)cc1. The second-order valence-electron chi connectivity index (χ2n) is 2.95. The van der Waals surface area contributed by atoms with Gasteiger partial charge in [-0.15, -0.1) is 23.1 Å². The molecule has 0 fully saturated rings. The van der Waals surface area contributed by atoms with Crippen LogP contribution in [0.4, 0.5) is 0 Å². The van der Waals surface area contributed by atoms with E-state index in [2.05, 4.69) is 68.3 Å². The lowest BCUT2D eigenvalue weighted by atomic mass is 10.4. The molecule has 0 aliphatic carbocycles. The van der Waals surface area contributed by atoms with Crippen LogP contribution in [0.1, 0.15) is 4.88 Å². The van der Waals surface area contributed by atoms with Crippen molar-refractivity contribution in [1.82, 2.24) is 0 Å². The van der Waals surface area contributed by atoms with Crippen LogP contribution in [0, 0.1) is 0 Å². The van der Waals surface area contributed by atoms with Crippen LogP contribution in [-0.4, -0.2) is 0 Å². The van der Waals surface area contributed by atoms with Crippen LogP contribution in [0.25, 0.3) is 0 Å². The highest BCUT2D eigenvalue weighted by atomic mass is 79.9. The average Bonchev–Trinajstić information content (AvgIpc) is 2.64. The number of rotatable bonds is 3. The van der Waals surface area contributed by atoms with E-state index in [1.54, 1.807) is 11.3 Å². The van der Waals surface area contributed by atoms with Gasteiger partial charge in [-0.2, -0.15) is 0 Å². The Balaban J connectivity index is 1.96. The first kappa shape index (κ1) is 11.7. The van der Waals surface area contributed by atoms with Crippen molar-refractivity contribution < 1.29 is 0 Å². The lowest BCUT2D eigenvalue weighted by molar-refractivity contribution is 1.42. The normalized spacial score (nSPS) is 10.5. The van der Waals surface area contributed by atoms with E-state index in [9.17, 15) is 0 Å². The average molecular weight is 364 g/mol. The molecule has 2 rings (SSSR count). The quantitative estimate of drug-likeness (QED) is 0.642. The first-order valence-corrected chi connectivity index (χ1v) is 7.75. The zero-order valence-electron chi connectivity index (χ0n) is 7.74. The van der Waals surface area contributed by atoms with E-state index in [1.165, 1.54) is 13.6 Å². The zero-order chi connectivity index (χ0) is 10.7. The van der Waals surface area contributed by atoms with Crippen LogP contribution in [0.5, 0.6) is 0 Å². The summed E-state index contributed by atoms with van der Waals surface area (Å²) in [6.45, 7) is 0. The summed E-state index contributed by atoms with van der Waals surface area (Å²) in [4.78, 5) is 2.71. The lowest BCUT2D eigenvalue weighted by Crippen LogP contribution is -1.74. The van der Waals surface area contributed by atoms with Gasteiger partial charge in [-0.1, -0.05) is 15.9 Å². The Kier molecular flexibility index (Phi) is 4.31. The number of thioether (sulfide) groups is 1. The van der Waals surface area contributed by atoms with Crippen molar-refractivity contribution in [3.8, 4) is 0 Å². The van der Waals surface area contributed by atoms with Gasteiger partial charge in [0.25, 0.3) is 0 Å². The van der Waals surface area contributed by atoms with Crippen molar-refractivity contribution in [3.63, 3.8) is 0 Å². The lowest BCUT2D eigenvalue weighted by Gasteiger charge is -1.99. The van der Waals surface area contributed by atoms with E-state index in [4.69, 9.17) is 0 Å². The minimum atomic E-state index is 1.04. The largest absolute Gasteiger partial charge is 0.132 e. The fraction of sp³-hybridized carbons (Fsp3) is 0.0909. The maximum absolute atomic E-state index is 3.47. The zero-order valence-corrected chi connectivity index (χ0v) is 12.5. The number of hydrogen-bond acceptors (Lipinski definition) is 2. The Labute approximate surface area is 114 Å². The summed E-state index contributed by atoms with van der Waals surface area (Å²) >= 11 is 10.6. The third-order valence-electron chi connectivity index (χ3n) is 1.82. The van der Waals surface area contributed by atoms with Crippen molar-refractivity contribution in [1.29, 1.82) is 0 Å². The number of halogens is 2. The third kappa shape index (κ3) is 3.63. The van der Waals surface area contributed by atoms with Crippen LogP contribution in [0.15, 0.2) is 49.6 Å². The Morgan fingerprint density at radius 2 is 1.73 bits per heavy atom. The summed E-state index contributed by atoms with van der Waals surface area (Å²) in [7, 11) is 0. The molecule has 0 unspecified atom stereocenters. The van der Waals surface area contributed by atoms with E-state index in [-0.39, 0.29) is 0 Å². The van der Waals surface area contributed by atoms with Crippen LogP contribution in [0.2, 0.25) is 0 Å². The van der Waals surface area contributed by atoms with Crippen molar-refractivity contribution in [2.24, 2.45) is 0 Å². The summed E-state index contributed by atoms with van der Waals surface area (Å²) in [5, 5.41) is 0. The van der Waals surface area contributed by atoms with Gasteiger partial charge < -0.3 is 0 Å². The number of thiophene rings is 1. The van der Waals surface area contributed by atoms with Crippen molar-refractivity contribution in [3.05, 3.63) is 49.5 Å². The van der Waals surface area contributed by atoms with E-state index >= 15 is 0 Å². The summed E-state index contributed by atoms with van der Waals surface area (Å²) in [5.74, 6) is 1.04. The topological polar surface area (TPSA) is 0 Å². The van der Waals surface area contributed by atoms with Crippen LogP contribution in [-0.2, 0) is 5.75 Å². The maximum Gasteiger partial charge on any atom is 0.0701 e. The van der Waals surface area contributed by atoms with Gasteiger partial charge in [0, 0.05) is 20.0 Å². The Bertz CT molecular complexity index is 434. The summed E-state index contributed by atoms with van der Waals surface area (Å²) < 4.78 is 2.33. The first-order valence-electron chi connectivity index (χ1n) is 4.36. The molecule has 0 aliphatic heterocycles. The van der Waals surface area contributed by atoms with Crippen LogP contribution < -0.4 is 0 Å². The molecule has 1 aromatic heterocycles. The van der Waals surface area contributed by atoms with Crippen LogP contribution >= 0.6 is 55.0 Å². The van der Waals surface area contributed by atoms with Gasteiger partial charge >= 0.3 is 0 Å². The molecule has 0 spiro atoms. The van der Waals surface area contributed by atoms with Crippen molar-refractivity contribution >= 4 is 55.0 Å². The van der Waals surface area contributed by atoms with Gasteiger partial charge in [0.15, 0.2) is 0 Å². The maximum atomic E-state index is 3.47. The van der Waals surface area contributed by atoms with Gasteiger partial charge in [-0.3, -0.25) is 0 Å². The van der Waals surface area contributed by atoms with Gasteiger partial charge in [-0.25, -0.2) is 0 Å². The molecule has 1 aromatic carbocycles. The molecular formula is C11H8Br2S2. The molecule has 2 aromatic rings. The highest BCUT2D eigenvalue weighted by molar-refractivity contribution is 9.11. The molecule has 0 amide bonds. The minimum absolute atomic E-state index is 1.04. The molecule has 0 radical (unpaired) electrons. The minimum Gasteiger partial charge on any atom is -0.132 e. The molecule has 0 aliphatic rings. The molecule has 78 valence electrons. The van der Waals surface area contributed by atoms with E-state index in [0.29, 0.717) is 0 Å². The van der Waals surface area contributed by atoms with E-state index < -0.39 is 0 Å². The highest BCUT2D eigenvalue weighted by Gasteiger charge is 1.99. The Hall–Kier alpha value is 0.230. The molecule has 0 N–H and O–H groups in total. The smallest absolute Gasteiger partial charge is 0.0701 e. The van der Waals surface area contributed by atoms with E-state index in [0.717, 1.165) is 10.2 Å². The van der Waals surface area contributed by atoms with Gasteiger partial charge in [0.2, 0.25) is 0 Å². The molecule has 0 atom stereocenters. The predicted molar refractivity (Wildman–Crippen MR) is 75.7 cm³/mol. The number of hydrogen-bond donors (Lipinski definition) is 0. The Morgan fingerprint density at radius 3 is 2.33 bits per heavy atom. The summed E-state index contributed by atoms with van der Waals surface area (Å²) in [6, 6.07) is 12.7. The third-order valence-corrected chi connectivity index (χ3v) is 5.22. The van der Waals surface area contributed by atoms with Crippen molar-refractivity contribution in [2.45, 2.75) is 10.6 Å². The second kappa shape index (κ2) is 5.53. The standard InChI is InChI=1S/C11H8Br2S2/c12-8-1-3-9(4-2-8)14-7-10-5-6-11(13)15-10/h1-6H,7H2. The van der Waals surface area contributed by atoms with Gasteiger partial charge in [0.05, 0.1) is 3.79 Å². The summed E-state index contributed by atoms with van der Waals surface area (Å²) in [6.07, 6.45) is 0. The van der Waals surface area contributed by atoms with Crippen molar-refractivity contribution in [2.75, 3.05) is 0 Å². The highest BCUT2D eigenvalue weighted by Crippen LogP contribution is 2.29. The first-order chi connectivity index (χ1) is 7.24. The fourth-order valence-corrected chi connectivity index (χ4v) is 3.80. The molecule has 0 nitrogen and oxygen atoms in total. The molecule has 15 heavy (non-hydrogen) atoms. The number of benzene rings is 1. The molecule has 0 saturated heterocycles. The predicted octanol–water partition coefficient (Wildman–Crippen LogP) is 5.57. The Morgan fingerprint density at radius 1 is 1.00 bits per heavy atom. The molecule has 0 bridgehead atoms. The van der Waals surface area contributed by atoms with E-state index in [1.807, 2.05) is 11.8 Å². The molecule has 4 heteroatoms. The molecule has 0 saturated carbocycles. The molecular weight excluding hydrogens is 356 g/mol. The van der Waals surface area contributed by atoms with Crippen LogP contribution in [0.3, 0.4) is 0 Å².